The fourth-order valence-corrected chi connectivity index (χ4v) is 2.52. The molecule has 2 heterocycles. The van der Waals surface area contributed by atoms with Crippen molar-refractivity contribution >= 4 is 0 Å². The molecule has 112 valence electrons. The van der Waals surface area contributed by atoms with Crippen LogP contribution in [0.25, 0.3) is 11.1 Å². The van der Waals surface area contributed by atoms with Gasteiger partial charge in [0.05, 0.1) is 26.0 Å². The van der Waals surface area contributed by atoms with E-state index in [0.29, 0.717) is 0 Å². The molecule has 0 unspecified atom stereocenters. The standard InChI is InChI=1S/C16H21N3O2/c1-2-5-16(15(4-1)14-12-17-18-13-14)21-9-3-6-19-7-10-20-11-8-19/h1-2,4-5,12-13H,3,6-11H2,(H,17,18). The van der Waals surface area contributed by atoms with Gasteiger partial charge in [0.15, 0.2) is 0 Å². The Morgan fingerprint density at radius 2 is 2.10 bits per heavy atom. The Morgan fingerprint density at radius 3 is 2.90 bits per heavy atom. The lowest BCUT2D eigenvalue weighted by Gasteiger charge is -2.26. The smallest absolute Gasteiger partial charge is 0.127 e. The lowest BCUT2D eigenvalue weighted by molar-refractivity contribution is 0.0358. The molecule has 1 aromatic carbocycles. The molecule has 1 aliphatic rings. The highest BCUT2D eigenvalue weighted by Gasteiger charge is 2.10. The van der Waals surface area contributed by atoms with Crippen molar-refractivity contribution in [3.63, 3.8) is 0 Å². The summed E-state index contributed by atoms with van der Waals surface area (Å²) in [4.78, 5) is 2.43. The van der Waals surface area contributed by atoms with Crippen LogP contribution in [0.4, 0.5) is 0 Å². The van der Waals surface area contributed by atoms with E-state index in [1.807, 2.05) is 30.6 Å². The maximum Gasteiger partial charge on any atom is 0.127 e. The van der Waals surface area contributed by atoms with Crippen LogP contribution in [0.5, 0.6) is 5.75 Å². The monoisotopic (exact) mass is 287 g/mol. The first kappa shape index (κ1) is 14.1. The minimum atomic E-state index is 0.728. The molecule has 0 aliphatic carbocycles. The summed E-state index contributed by atoms with van der Waals surface area (Å²) in [5.74, 6) is 0.917. The number of para-hydroxylation sites is 1. The van der Waals surface area contributed by atoms with Crippen molar-refractivity contribution in [2.45, 2.75) is 6.42 Å². The van der Waals surface area contributed by atoms with E-state index < -0.39 is 0 Å². The summed E-state index contributed by atoms with van der Waals surface area (Å²) >= 11 is 0. The van der Waals surface area contributed by atoms with Crippen molar-refractivity contribution in [2.75, 3.05) is 39.5 Å². The summed E-state index contributed by atoms with van der Waals surface area (Å²) in [6.07, 6.45) is 4.73. The van der Waals surface area contributed by atoms with Gasteiger partial charge < -0.3 is 9.47 Å². The van der Waals surface area contributed by atoms with Crippen LogP contribution in [0.3, 0.4) is 0 Å². The van der Waals surface area contributed by atoms with E-state index in [2.05, 4.69) is 21.2 Å². The van der Waals surface area contributed by atoms with Crippen LogP contribution in [-0.4, -0.2) is 54.6 Å². The van der Waals surface area contributed by atoms with E-state index in [1.54, 1.807) is 0 Å². The average molecular weight is 287 g/mol. The molecular weight excluding hydrogens is 266 g/mol. The van der Waals surface area contributed by atoms with Gasteiger partial charge in [0.2, 0.25) is 0 Å². The first-order chi connectivity index (χ1) is 10.4. The molecular formula is C16H21N3O2. The van der Waals surface area contributed by atoms with Crippen molar-refractivity contribution in [1.82, 2.24) is 15.1 Å². The molecule has 5 heteroatoms. The number of benzene rings is 1. The number of aromatic nitrogens is 2. The predicted molar refractivity (Wildman–Crippen MR) is 81.4 cm³/mol. The lowest BCUT2D eigenvalue weighted by Crippen LogP contribution is -2.37. The topological polar surface area (TPSA) is 50.4 Å². The van der Waals surface area contributed by atoms with Crippen LogP contribution in [-0.2, 0) is 4.74 Å². The molecule has 0 radical (unpaired) electrons. The van der Waals surface area contributed by atoms with Crippen molar-refractivity contribution in [1.29, 1.82) is 0 Å². The maximum absolute atomic E-state index is 5.95. The minimum absolute atomic E-state index is 0.728. The third-order valence-corrected chi connectivity index (χ3v) is 3.68. The molecule has 1 aliphatic heterocycles. The van der Waals surface area contributed by atoms with Crippen molar-refractivity contribution < 1.29 is 9.47 Å². The maximum atomic E-state index is 5.95. The van der Waals surface area contributed by atoms with Crippen LogP contribution in [0.15, 0.2) is 36.7 Å². The number of morpholine rings is 1. The Bertz CT molecular complexity index is 536. The second-order valence-electron chi connectivity index (χ2n) is 5.14. The van der Waals surface area contributed by atoms with Gasteiger partial charge in [0, 0.05) is 37.0 Å². The number of H-pyrrole nitrogens is 1. The highest BCUT2D eigenvalue weighted by Crippen LogP contribution is 2.28. The minimum Gasteiger partial charge on any atom is -0.493 e. The zero-order valence-electron chi connectivity index (χ0n) is 12.1. The number of aromatic amines is 1. The van der Waals surface area contributed by atoms with Gasteiger partial charge in [-0.15, -0.1) is 0 Å². The molecule has 3 rings (SSSR count). The van der Waals surface area contributed by atoms with Crippen LogP contribution < -0.4 is 4.74 Å². The number of hydrogen-bond donors (Lipinski definition) is 1. The Labute approximate surface area is 124 Å². The fraction of sp³-hybridized carbons (Fsp3) is 0.438. The van der Waals surface area contributed by atoms with E-state index in [0.717, 1.165) is 62.8 Å². The Balaban J connectivity index is 1.51. The second-order valence-corrected chi connectivity index (χ2v) is 5.14. The molecule has 1 N–H and O–H groups in total. The van der Waals surface area contributed by atoms with E-state index in [4.69, 9.17) is 9.47 Å². The van der Waals surface area contributed by atoms with Gasteiger partial charge in [-0.3, -0.25) is 10.00 Å². The molecule has 0 spiro atoms. The average Bonchev–Trinajstić information content (AvgIpc) is 3.07. The van der Waals surface area contributed by atoms with Crippen molar-refractivity contribution in [3.05, 3.63) is 36.7 Å². The number of nitrogens with one attached hydrogen (secondary N) is 1. The van der Waals surface area contributed by atoms with Gasteiger partial charge in [0.25, 0.3) is 0 Å². The van der Waals surface area contributed by atoms with Gasteiger partial charge in [0.1, 0.15) is 5.75 Å². The van der Waals surface area contributed by atoms with Crippen molar-refractivity contribution in [2.24, 2.45) is 0 Å². The zero-order valence-corrected chi connectivity index (χ0v) is 12.1. The molecule has 0 amide bonds. The van der Waals surface area contributed by atoms with Gasteiger partial charge in [-0.1, -0.05) is 18.2 Å². The molecule has 1 saturated heterocycles. The Morgan fingerprint density at radius 1 is 1.24 bits per heavy atom. The van der Waals surface area contributed by atoms with E-state index in [1.165, 1.54) is 0 Å². The number of hydrogen-bond acceptors (Lipinski definition) is 4. The van der Waals surface area contributed by atoms with Crippen LogP contribution in [0, 0.1) is 0 Å². The summed E-state index contributed by atoms with van der Waals surface area (Å²) in [5.41, 5.74) is 2.14. The summed E-state index contributed by atoms with van der Waals surface area (Å²) in [6, 6.07) is 8.09. The number of rotatable bonds is 6. The first-order valence-corrected chi connectivity index (χ1v) is 7.44. The number of nitrogens with zero attached hydrogens (tertiary/aromatic N) is 2. The summed E-state index contributed by atoms with van der Waals surface area (Å²) in [5, 5.41) is 6.84. The quantitative estimate of drug-likeness (QED) is 0.827. The van der Waals surface area contributed by atoms with E-state index >= 15 is 0 Å². The van der Waals surface area contributed by atoms with Crippen molar-refractivity contribution in [3.8, 4) is 16.9 Å². The largest absolute Gasteiger partial charge is 0.493 e. The lowest BCUT2D eigenvalue weighted by atomic mass is 10.1. The molecule has 0 bridgehead atoms. The molecule has 1 aromatic heterocycles. The van der Waals surface area contributed by atoms with E-state index in [9.17, 15) is 0 Å². The van der Waals surface area contributed by atoms with Crippen LogP contribution in [0.1, 0.15) is 6.42 Å². The van der Waals surface area contributed by atoms with Crippen LogP contribution in [0.2, 0.25) is 0 Å². The fourth-order valence-electron chi connectivity index (χ4n) is 2.52. The summed E-state index contributed by atoms with van der Waals surface area (Å²) < 4.78 is 11.3. The van der Waals surface area contributed by atoms with Gasteiger partial charge in [-0.25, -0.2) is 0 Å². The highest BCUT2D eigenvalue weighted by molar-refractivity contribution is 5.68. The highest BCUT2D eigenvalue weighted by atomic mass is 16.5. The molecule has 5 nitrogen and oxygen atoms in total. The van der Waals surface area contributed by atoms with Gasteiger partial charge in [-0.05, 0) is 12.5 Å². The van der Waals surface area contributed by atoms with Gasteiger partial charge >= 0.3 is 0 Å². The molecule has 1 fully saturated rings. The van der Waals surface area contributed by atoms with Crippen LogP contribution >= 0.6 is 0 Å². The molecule has 21 heavy (non-hydrogen) atoms. The predicted octanol–water partition coefficient (Wildman–Crippen LogP) is 2.18. The second kappa shape index (κ2) is 7.24. The Hall–Kier alpha value is -1.85. The molecule has 0 saturated carbocycles. The first-order valence-electron chi connectivity index (χ1n) is 7.44. The summed E-state index contributed by atoms with van der Waals surface area (Å²) in [7, 11) is 0. The molecule has 0 atom stereocenters. The zero-order chi connectivity index (χ0) is 14.3. The molecule has 2 aromatic rings. The third kappa shape index (κ3) is 3.83. The van der Waals surface area contributed by atoms with E-state index in [-0.39, 0.29) is 0 Å². The van der Waals surface area contributed by atoms with Gasteiger partial charge in [-0.2, -0.15) is 5.10 Å². The summed E-state index contributed by atoms with van der Waals surface area (Å²) in [6.45, 7) is 5.56. The number of ether oxygens (including phenoxy) is 2. The normalized spacial score (nSPS) is 16.0. The third-order valence-electron chi connectivity index (χ3n) is 3.68. The Kier molecular flexibility index (Phi) is 4.86. The SMILES string of the molecule is c1ccc(-c2cn[nH]c2)c(OCCCN2CCOCC2)c1.